The Balaban J connectivity index is 1.59. The molecule has 3 heterocycles. The monoisotopic (exact) mass is 461 g/mol. The van der Waals surface area contributed by atoms with Gasteiger partial charge >= 0.3 is 6.09 Å². The minimum atomic E-state index is -1.06. The Bertz CT molecular complexity index is 1080. The van der Waals surface area contributed by atoms with Crippen LogP contribution in [0.2, 0.25) is 0 Å². The number of benzene rings is 1. The molecule has 10 heteroatoms. The highest BCUT2D eigenvalue weighted by Gasteiger charge is 2.44. The van der Waals surface area contributed by atoms with Gasteiger partial charge in [0.1, 0.15) is 5.70 Å². The molecule has 32 heavy (non-hydrogen) atoms. The molecule has 0 aliphatic carbocycles. The van der Waals surface area contributed by atoms with Crippen molar-refractivity contribution in [3.05, 3.63) is 57.9 Å². The number of hydrogen-bond donors (Lipinski definition) is 1. The fourth-order valence-electron chi connectivity index (χ4n) is 3.88. The number of rotatable bonds is 5. The van der Waals surface area contributed by atoms with Gasteiger partial charge < -0.3 is 15.0 Å². The van der Waals surface area contributed by atoms with Crippen LogP contribution < -0.4 is 5.32 Å². The highest BCUT2D eigenvalue weighted by atomic mass is 32.1. The van der Waals surface area contributed by atoms with Gasteiger partial charge in [-0.05, 0) is 43.3 Å². The number of likely N-dealkylation sites (tertiary alicyclic amines) is 1. The molecule has 0 unspecified atom stereocenters. The van der Waals surface area contributed by atoms with Gasteiger partial charge in [-0.1, -0.05) is 6.07 Å². The van der Waals surface area contributed by atoms with Crippen molar-refractivity contribution in [3.63, 3.8) is 0 Å². The van der Waals surface area contributed by atoms with Crippen LogP contribution in [-0.4, -0.2) is 53.4 Å². The Morgan fingerprint density at radius 1 is 1.16 bits per heavy atom. The molecule has 2 aromatic rings. The number of halogens is 2. The van der Waals surface area contributed by atoms with Crippen LogP contribution in [0.1, 0.15) is 24.6 Å². The number of carbonyl (C=O) groups excluding carboxylic acids is 3. The summed E-state index contributed by atoms with van der Waals surface area (Å²) in [7, 11) is 0. The minimum absolute atomic E-state index is 0.0243. The lowest BCUT2D eigenvalue weighted by Gasteiger charge is -2.35. The van der Waals surface area contributed by atoms with Gasteiger partial charge in [0.15, 0.2) is 11.6 Å². The third kappa shape index (κ3) is 4.10. The lowest BCUT2D eigenvalue weighted by atomic mass is 10.0. The number of imide groups is 1. The van der Waals surface area contributed by atoms with E-state index in [1.54, 1.807) is 29.3 Å². The molecule has 0 radical (unpaired) electrons. The molecule has 0 saturated carbocycles. The van der Waals surface area contributed by atoms with Crippen molar-refractivity contribution in [2.75, 3.05) is 25.0 Å². The van der Waals surface area contributed by atoms with Crippen molar-refractivity contribution in [1.29, 1.82) is 0 Å². The summed E-state index contributed by atoms with van der Waals surface area (Å²) in [5, 5.41) is 4.61. The summed E-state index contributed by atoms with van der Waals surface area (Å²) in [5.74, 6) is -3.05. The van der Waals surface area contributed by atoms with Gasteiger partial charge in [0.25, 0.3) is 11.8 Å². The molecular formula is C22H21F2N3O4S. The number of anilines is 1. The van der Waals surface area contributed by atoms with Crippen molar-refractivity contribution in [1.82, 2.24) is 9.80 Å². The molecule has 1 aromatic heterocycles. The average molecular weight is 461 g/mol. The number of carbonyl (C=O) groups is 3. The first-order chi connectivity index (χ1) is 15.4. The van der Waals surface area contributed by atoms with Crippen LogP contribution in [0.5, 0.6) is 0 Å². The molecule has 3 amide bonds. The van der Waals surface area contributed by atoms with Crippen LogP contribution in [0.4, 0.5) is 19.3 Å². The predicted molar refractivity (Wildman–Crippen MR) is 115 cm³/mol. The van der Waals surface area contributed by atoms with Crippen molar-refractivity contribution in [2.24, 2.45) is 0 Å². The second-order valence-corrected chi connectivity index (χ2v) is 8.33. The fourth-order valence-corrected chi connectivity index (χ4v) is 4.65. The Labute approximate surface area is 187 Å². The minimum Gasteiger partial charge on any atom is -0.450 e. The molecule has 2 aliphatic heterocycles. The van der Waals surface area contributed by atoms with E-state index in [-0.39, 0.29) is 29.6 Å². The summed E-state index contributed by atoms with van der Waals surface area (Å²) >= 11 is 1.30. The largest absolute Gasteiger partial charge is 0.450 e. The maximum absolute atomic E-state index is 13.7. The topological polar surface area (TPSA) is 79.0 Å². The highest BCUT2D eigenvalue weighted by Crippen LogP contribution is 2.35. The van der Waals surface area contributed by atoms with Gasteiger partial charge in [0.2, 0.25) is 0 Å². The summed E-state index contributed by atoms with van der Waals surface area (Å²) in [4.78, 5) is 41.9. The van der Waals surface area contributed by atoms with Crippen molar-refractivity contribution in [2.45, 2.75) is 25.8 Å². The second kappa shape index (κ2) is 9.07. The van der Waals surface area contributed by atoms with Crippen molar-refractivity contribution in [3.8, 4) is 0 Å². The van der Waals surface area contributed by atoms with E-state index in [4.69, 9.17) is 4.74 Å². The summed E-state index contributed by atoms with van der Waals surface area (Å²) in [6.07, 6.45) is 0.432. The zero-order valence-electron chi connectivity index (χ0n) is 17.3. The molecule has 1 fully saturated rings. The lowest BCUT2D eigenvalue weighted by Crippen LogP contribution is -2.49. The lowest BCUT2D eigenvalue weighted by molar-refractivity contribution is -0.140. The first-order valence-electron chi connectivity index (χ1n) is 10.2. The van der Waals surface area contributed by atoms with Gasteiger partial charge in [-0.2, -0.15) is 0 Å². The molecule has 4 rings (SSSR count). The zero-order valence-corrected chi connectivity index (χ0v) is 18.1. The third-order valence-corrected chi connectivity index (χ3v) is 6.31. The maximum atomic E-state index is 13.7. The maximum Gasteiger partial charge on any atom is 0.409 e. The molecule has 7 nitrogen and oxygen atoms in total. The molecule has 168 valence electrons. The zero-order chi connectivity index (χ0) is 22.8. The Hall–Kier alpha value is -3.27. The molecule has 0 bridgehead atoms. The third-order valence-electron chi connectivity index (χ3n) is 5.43. The number of nitrogens with one attached hydrogen (secondary N) is 1. The molecule has 2 aliphatic rings. The normalized spacial score (nSPS) is 17.3. The number of piperidine rings is 1. The number of amides is 3. The van der Waals surface area contributed by atoms with E-state index in [1.165, 1.54) is 22.3 Å². The van der Waals surface area contributed by atoms with E-state index in [0.717, 1.165) is 12.1 Å². The molecular weight excluding hydrogens is 440 g/mol. The van der Waals surface area contributed by atoms with Gasteiger partial charge in [0.05, 0.1) is 12.2 Å². The molecule has 0 atom stereocenters. The van der Waals surface area contributed by atoms with Crippen molar-refractivity contribution < 1.29 is 27.9 Å². The fraction of sp³-hybridized carbons (Fsp3) is 0.318. The van der Waals surface area contributed by atoms with E-state index < -0.39 is 29.5 Å². The van der Waals surface area contributed by atoms with Gasteiger partial charge in [0, 0.05) is 35.8 Å². The number of thiophene rings is 1. The van der Waals surface area contributed by atoms with E-state index in [9.17, 15) is 23.2 Å². The second-order valence-electron chi connectivity index (χ2n) is 7.38. The number of hydrogen-bond acceptors (Lipinski definition) is 6. The van der Waals surface area contributed by atoms with E-state index >= 15 is 0 Å². The van der Waals surface area contributed by atoms with Crippen LogP contribution in [0.3, 0.4) is 0 Å². The Morgan fingerprint density at radius 3 is 2.53 bits per heavy atom. The average Bonchev–Trinajstić information content (AvgIpc) is 3.38. The van der Waals surface area contributed by atoms with Gasteiger partial charge in [-0.15, -0.1) is 11.3 Å². The molecule has 0 spiro atoms. The summed E-state index contributed by atoms with van der Waals surface area (Å²) in [6, 6.07) is 6.29. The smallest absolute Gasteiger partial charge is 0.409 e. The molecule has 1 saturated heterocycles. The molecule has 1 N–H and O–H groups in total. The summed E-state index contributed by atoms with van der Waals surface area (Å²) in [6.45, 7) is 2.72. The van der Waals surface area contributed by atoms with Crippen LogP contribution in [0, 0.1) is 11.6 Å². The first kappa shape index (κ1) is 21.9. The summed E-state index contributed by atoms with van der Waals surface area (Å²) < 4.78 is 32.0. The van der Waals surface area contributed by atoms with Crippen LogP contribution in [0.15, 0.2) is 41.4 Å². The SMILES string of the molecule is CCOC(=O)N1CCC(N2C(=O)C(Nc3ccc(F)c(F)c3)=C(c3cccs3)C2=O)CC1. The highest BCUT2D eigenvalue weighted by molar-refractivity contribution is 7.11. The van der Waals surface area contributed by atoms with Gasteiger partial charge in [-0.25, -0.2) is 13.6 Å². The van der Waals surface area contributed by atoms with Crippen LogP contribution in [-0.2, 0) is 14.3 Å². The van der Waals surface area contributed by atoms with E-state index in [0.29, 0.717) is 30.8 Å². The standard InChI is InChI=1S/C22H21F2N3O4S/c1-2-31-22(30)26-9-7-14(8-10-26)27-20(28)18(17-4-3-11-32-17)19(21(27)29)25-13-5-6-15(23)16(24)12-13/h3-6,11-12,14,25H,2,7-10H2,1H3. The predicted octanol–water partition coefficient (Wildman–Crippen LogP) is 3.84. The van der Waals surface area contributed by atoms with Crippen LogP contribution in [0.25, 0.3) is 5.57 Å². The number of ether oxygens (including phenoxy) is 1. The summed E-state index contributed by atoms with van der Waals surface area (Å²) in [5.41, 5.74) is 0.381. The first-order valence-corrected chi connectivity index (χ1v) is 11.1. The van der Waals surface area contributed by atoms with Crippen LogP contribution >= 0.6 is 11.3 Å². The number of nitrogens with zero attached hydrogens (tertiary/aromatic N) is 2. The van der Waals surface area contributed by atoms with Crippen molar-refractivity contribution >= 4 is 40.5 Å². The van der Waals surface area contributed by atoms with E-state index in [1.807, 2.05) is 0 Å². The molecule has 1 aromatic carbocycles. The van der Waals surface area contributed by atoms with E-state index in [2.05, 4.69) is 5.32 Å². The Morgan fingerprint density at radius 2 is 1.91 bits per heavy atom. The van der Waals surface area contributed by atoms with Gasteiger partial charge in [-0.3, -0.25) is 14.5 Å². The Kier molecular flexibility index (Phi) is 6.22. The quantitative estimate of drug-likeness (QED) is 0.685.